The number of fused-ring (bicyclic) bond motifs is 1. The van der Waals surface area contributed by atoms with E-state index in [0.29, 0.717) is 12.8 Å². The molecule has 4 aliphatic rings. The fraction of sp³-hybridized carbons (Fsp3) is 0.462. The third-order valence-electron chi connectivity index (χ3n) is 8.44. The molecule has 4 atom stereocenters. The topological polar surface area (TPSA) is 58.6 Å². The third-order valence-corrected chi connectivity index (χ3v) is 8.44. The number of Topliss-reactive ketones (excluding diaryl/α,β-unsaturated/α-hetero) is 1. The summed E-state index contributed by atoms with van der Waals surface area (Å²) < 4.78 is 5.66. The van der Waals surface area contributed by atoms with Crippen LogP contribution in [-0.2, 0) is 10.2 Å². The van der Waals surface area contributed by atoms with E-state index in [2.05, 4.69) is 16.3 Å². The number of ether oxygens (including phenoxy) is 1. The van der Waals surface area contributed by atoms with Crippen molar-refractivity contribution in [3.63, 3.8) is 0 Å². The summed E-state index contributed by atoms with van der Waals surface area (Å²) in [6.07, 6.45) is 4.96. The number of ketones is 1. The van der Waals surface area contributed by atoms with E-state index in [1.807, 2.05) is 42.5 Å². The van der Waals surface area contributed by atoms with Gasteiger partial charge in [0.1, 0.15) is 5.75 Å². The Bertz CT molecular complexity index is 1070. The molecule has 1 spiro atoms. The van der Waals surface area contributed by atoms with Crippen LogP contribution in [0.25, 0.3) is 0 Å². The standard InChI is InChI=1S/C26H28N2O3/c1-31-20-10-5-9-18-23(20)27-21-11-13-25(15-19(29)17-7-3-2-4-8-17)12-6-14-28-22(30)16-26(18,21)24(25)28/h2-5,7-10,21,24,27H,6,11-16H2,1H3. The fourth-order valence-electron chi connectivity index (χ4n) is 7.37. The number of amides is 1. The molecule has 5 nitrogen and oxygen atoms in total. The van der Waals surface area contributed by atoms with Crippen molar-refractivity contribution in [3.8, 4) is 5.75 Å². The lowest BCUT2D eigenvalue weighted by Crippen LogP contribution is -2.64. The van der Waals surface area contributed by atoms with Gasteiger partial charge < -0.3 is 15.0 Å². The number of para-hydroxylation sites is 1. The Morgan fingerprint density at radius 3 is 2.81 bits per heavy atom. The zero-order valence-corrected chi connectivity index (χ0v) is 17.9. The van der Waals surface area contributed by atoms with Crippen LogP contribution in [-0.4, -0.2) is 42.3 Å². The van der Waals surface area contributed by atoms with Gasteiger partial charge in [-0.1, -0.05) is 42.5 Å². The number of nitrogens with one attached hydrogen (secondary N) is 1. The molecule has 160 valence electrons. The van der Waals surface area contributed by atoms with E-state index in [0.717, 1.165) is 49.2 Å². The second-order valence-electron chi connectivity index (χ2n) is 9.76. The highest BCUT2D eigenvalue weighted by molar-refractivity contribution is 5.97. The fourth-order valence-corrected chi connectivity index (χ4v) is 7.37. The highest BCUT2D eigenvalue weighted by Gasteiger charge is 2.69. The van der Waals surface area contributed by atoms with Crippen molar-refractivity contribution >= 4 is 17.4 Å². The van der Waals surface area contributed by atoms with Crippen LogP contribution in [0.1, 0.15) is 54.4 Å². The molecule has 0 radical (unpaired) electrons. The van der Waals surface area contributed by atoms with Gasteiger partial charge in [-0.05, 0) is 42.7 Å². The number of anilines is 1. The molecule has 5 heteroatoms. The van der Waals surface area contributed by atoms with Crippen molar-refractivity contribution < 1.29 is 14.3 Å². The summed E-state index contributed by atoms with van der Waals surface area (Å²) in [6, 6.07) is 16.1. The third kappa shape index (κ3) is 2.43. The lowest BCUT2D eigenvalue weighted by Gasteiger charge is -2.57. The van der Waals surface area contributed by atoms with Crippen LogP contribution in [0.3, 0.4) is 0 Å². The van der Waals surface area contributed by atoms with Crippen LogP contribution in [0.2, 0.25) is 0 Å². The molecule has 4 unspecified atom stereocenters. The molecule has 2 aromatic rings. The monoisotopic (exact) mass is 416 g/mol. The van der Waals surface area contributed by atoms with Crippen LogP contribution in [0, 0.1) is 5.41 Å². The maximum atomic E-state index is 13.4. The van der Waals surface area contributed by atoms with Gasteiger partial charge in [-0.25, -0.2) is 0 Å². The molecular weight excluding hydrogens is 388 g/mol. The molecule has 3 aliphatic heterocycles. The molecule has 31 heavy (non-hydrogen) atoms. The quantitative estimate of drug-likeness (QED) is 0.760. The molecule has 3 heterocycles. The van der Waals surface area contributed by atoms with Crippen molar-refractivity contribution in [2.45, 2.75) is 56.0 Å². The number of hydrogen-bond acceptors (Lipinski definition) is 4. The van der Waals surface area contributed by atoms with Gasteiger partial charge in [0.05, 0.1) is 12.8 Å². The summed E-state index contributed by atoms with van der Waals surface area (Å²) in [6.45, 7) is 0.804. The summed E-state index contributed by atoms with van der Waals surface area (Å²) in [5, 5.41) is 3.74. The minimum atomic E-state index is -0.281. The van der Waals surface area contributed by atoms with E-state index < -0.39 is 0 Å². The van der Waals surface area contributed by atoms with Gasteiger partial charge >= 0.3 is 0 Å². The zero-order chi connectivity index (χ0) is 21.2. The van der Waals surface area contributed by atoms with E-state index in [-0.39, 0.29) is 34.6 Å². The maximum Gasteiger partial charge on any atom is 0.223 e. The Morgan fingerprint density at radius 2 is 2.00 bits per heavy atom. The summed E-state index contributed by atoms with van der Waals surface area (Å²) in [4.78, 5) is 28.8. The van der Waals surface area contributed by atoms with Crippen molar-refractivity contribution in [1.82, 2.24) is 4.90 Å². The predicted octanol–water partition coefficient (Wildman–Crippen LogP) is 4.18. The molecule has 1 N–H and O–H groups in total. The van der Waals surface area contributed by atoms with Gasteiger partial charge in [-0.3, -0.25) is 9.59 Å². The highest BCUT2D eigenvalue weighted by atomic mass is 16.5. The molecule has 1 amide bonds. The first-order valence-electron chi connectivity index (χ1n) is 11.4. The average molecular weight is 417 g/mol. The Balaban J connectivity index is 1.48. The molecule has 6 rings (SSSR count). The van der Waals surface area contributed by atoms with E-state index in [1.165, 1.54) is 5.56 Å². The SMILES string of the molecule is COc1cccc2c1NC1CCC3(CC(=O)c4ccccc4)CCCN4C(=O)CC21C43. The van der Waals surface area contributed by atoms with Gasteiger partial charge in [-0.2, -0.15) is 0 Å². The molecule has 0 aromatic heterocycles. The van der Waals surface area contributed by atoms with E-state index in [9.17, 15) is 9.59 Å². The predicted molar refractivity (Wildman–Crippen MR) is 118 cm³/mol. The van der Waals surface area contributed by atoms with Gasteiger partial charge in [0.25, 0.3) is 0 Å². The molecule has 2 aromatic carbocycles. The first kappa shape index (κ1) is 18.9. The number of benzene rings is 2. The van der Waals surface area contributed by atoms with Crippen LogP contribution < -0.4 is 10.1 Å². The van der Waals surface area contributed by atoms with Crippen molar-refractivity contribution in [3.05, 3.63) is 59.7 Å². The van der Waals surface area contributed by atoms with Crippen LogP contribution in [0.15, 0.2) is 48.5 Å². The Hall–Kier alpha value is -2.82. The van der Waals surface area contributed by atoms with Gasteiger partial charge in [0.15, 0.2) is 5.78 Å². The largest absolute Gasteiger partial charge is 0.495 e. The number of carbonyl (C=O) groups is 2. The first-order chi connectivity index (χ1) is 15.1. The Morgan fingerprint density at radius 1 is 1.16 bits per heavy atom. The second kappa shape index (κ2) is 6.59. The lowest BCUT2D eigenvalue weighted by molar-refractivity contribution is -0.133. The molecule has 1 saturated carbocycles. The van der Waals surface area contributed by atoms with Gasteiger partial charge in [0, 0.05) is 42.4 Å². The lowest BCUT2D eigenvalue weighted by atomic mass is 9.51. The number of carbonyl (C=O) groups excluding carboxylic acids is 2. The normalized spacial score (nSPS) is 32.7. The van der Waals surface area contributed by atoms with E-state index in [4.69, 9.17) is 4.74 Å². The summed E-state index contributed by atoms with van der Waals surface area (Å²) in [5.41, 5.74) is 2.58. The number of piperidine rings is 1. The first-order valence-corrected chi connectivity index (χ1v) is 11.4. The Kier molecular flexibility index (Phi) is 4.02. The molecule has 2 saturated heterocycles. The number of nitrogens with zero attached hydrogens (tertiary/aromatic N) is 1. The maximum absolute atomic E-state index is 13.4. The number of methoxy groups -OCH3 is 1. The molecular formula is C26H28N2O3. The summed E-state index contributed by atoms with van der Waals surface area (Å²) >= 11 is 0. The second-order valence-corrected chi connectivity index (χ2v) is 9.76. The van der Waals surface area contributed by atoms with Crippen LogP contribution in [0.5, 0.6) is 5.75 Å². The smallest absolute Gasteiger partial charge is 0.223 e. The average Bonchev–Trinajstić information content (AvgIpc) is 3.29. The van der Waals surface area contributed by atoms with Crippen LogP contribution >= 0.6 is 0 Å². The van der Waals surface area contributed by atoms with E-state index in [1.54, 1.807) is 7.11 Å². The zero-order valence-electron chi connectivity index (χ0n) is 17.9. The summed E-state index contributed by atoms with van der Waals surface area (Å²) in [7, 11) is 1.70. The minimum Gasteiger partial charge on any atom is -0.495 e. The minimum absolute atomic E-state index is 0.0634. The molecule has 3 fully saturated rings. The van der Waals surface area contributed by atoms with Crippen molar-refractivity contribution in [2.75, 3.05) is 19.0 Å². The molecule has 0 bridgehead atoms. The number of hydrogen-bond donors (Lipinski definition) is 1. The molecule has 1 aliphatic carbocycles. The van der Waals surface area contributed by atoms with Gasteiger partial charge in [0.2, 0.25) is 5.91 Å². The summed E-state index contributed by atoms with van der Waals surface area (Å²) in [5.74, 6) is 1.28. The van der Waals surface area contributed by atoms with Crippen molar-refractivity contribution in [1.29, 1.82) is 0 Å². The number of rotatable bonds is 4. The highest BCUT2D eigenvalue weighted by Crippen LogP contribution is 2.65. The van der Waals surface area contributed by atoms with Gasteiger partial charge in [-0.15, -0.1) is 0 Å². The van der Waals surface area contributed by atoms with Crippen LogP contribution in [0.4, 0.5) is 5.69 Å². The Labute approximate surface area is 182 Å². The van der Waals surface area contributed by atoms with E-state index >= 15 is 0 Å². The van der Waals surface area contributed by atoms with Crippen molar-refractivity contribution in [2.24, 2.45) is 5.41 Å².